The summed E-state index contributed by atoms with van der Waals surface area (Å²) in [5, 5.41) is 11.6. The van der Waals surface area contributed by atoms with Crippen molar-refractivity contribution in [2.75, 3.05) is 11.9 Å². The summed E-state index contributed by atoms with van der Waals surface area (Å²) >= 11 is 0. The Bertz CT molecular complexity index is 838. The maximum atomic E-state index is 12.0. The Morgan fingerprint density at radius 3 is 2.70 bits per heavy atom. The summed E-state index contributed by atoms with van der Waals surface area (Å²) in [5.74, 6) is 5.28. The number of H-pyrrole nitrogens is 1. The zero-order chi connectivity index (χ0) is 16.8. The molecule has 0 aliphatic carbocycles. The zero-order valence-electron chi connectivity index (χ0n) is 13.1. The van der Waals surface area contributed by atoms with Crippen LogP contribution in [0.4, 0.5) is 11.5 Å². The van der Waals surface area contributed by atoms with Crippen molar-refractivity contribution in [1.82, 2.24) is 9.55 Å². The average Bonchev–Trinajstić information content (AvgIpc) is 2.52. The van der Waals surface area contributed by atoms with Gasteiger partial charge in [-0.2, -0.15) is 0 Å². The highest BCUT2D eigenvalue weighted by atomic mass is 16.2. The van der Waals surface area contributed by atoms with Crippen molar-refractivity contribution in [3.05, 3.63) is 56.2 Å². The number of anilines is 2. The molecule has 0 aliphatic rings. The third-order valence-corrected chi connectivity index (χ3v) is 3.47. The van der Waals surface area contributed by atoms with E-state index < -0.39 is 11.2 Å². The molecule has 0 saturated heterocycles. The second kappa shape index (κ2) is 7.47. The Kier molecular flexibility index (Phi) is 5.39. The normalized spacial score (nSPS) is 10.0. The average molecular weight is 313 g/mol. The SMILES string of the molecule is CCc1cc(Nc2cc(=O)n(CC#CCO)c(=O)[nH]2)ccc1C. The lowest BCUT2D eigenvalue weighted by Gasteiger charge is -2.10. The molecule has 0 radical (unpaired) electrons. The standard InChI is InChI=1S/C17H19N3O3/c1-3-13-10-14(7-6-12(13)2)18-15-11-16(22)20(17(23)19-15)8-4-5-9-21/h6-7,10-11,18,21H,3,8-9H2,1-2H3,(H,19,23). The Labute approximate surface area is 133 Å². The van der Waals surface area contributed by atoms with E-state index in [0.717, 1.165) is 16.7 Å². The third kappa shape index (κ3) is 4.11. The number of aromatic amines is 1. The van der Waals surface area contributed by atoms with Gasteiger partial charge in [0.25, 0.3) is 5.56 Å². The molecule has 0 aliphatic heterocycles. The minimum Gasteiger partial charge on any atom is -0.384 e. The van der Waals surface area contributed by atoms with Crippen LogP contribution in [0.1, 0.15) is 18.1 Å². The van der Waals surface area contributed by atoms with Gasteiger partial charge < -0.3 is 10.4 Å². The summed E-state index contributed by atoms with van der Waals surface area (Å²) < 4.78 is 0.973. The van der Waals surface area contributed by atoms with E-state index in [1.165, 1.54) is 17.2 Å². The van der Waals surface area contributed by atoms with E-state index in [4.69, 9.17) is 5.11 Å². The fourth-order valence-electron chi connectivity index (χ4n) is 2.21. The highest BCUT2D eigenvalue weighted by Gasteiger charge is 2.05. The van der Waals surface area contributed by atoms with E-state index in [2.05, 4.69) is 29.1 Å². The predicted molar refractivity (Wildman–Crippen MR) is 90.0 cm³/mol. The molecule has 0 bridgehead atoms. The van der Waals surface area contributed by atoms with Gasteiger partial charge in [0.05, 0.1) is 6.54 Å². The molecule has 0 atom stereocenters. The molecule has 0 spiro atoms. The van der Waals surface area contributed by atoms with Crippen LogP contribution in [0.25, 0.3) is 0 Å². The van der Waals surface area contributed by atoms with E-state index in [9.17, 15) is 9.59 Å². The summed E-state index contributed by atoms with van der Waals surface area (Å²) in [7, 11) is 0. The number of aromatic nitrogens is 2. The van der Waals surface area contributed by atoms with Gasteiger partial charge in [-0.25, -0.2) is 9.36 Å². The molecule has 2 aromatic rings. The third-order valence-electron chi connectivity index (χ3n) is 3.47. The van der Waals surface area contributed by atoms with Gasteiger partial charge in [-0.1, -0.05) is 24.8 Å². The number of hydrogen-bond acceptors (Lipinski definition) is 4. The van der Waals surface area contributed by atoms with Crippen LogP contribution >= 0.6 is 0 Å². The molecule has 0 saturated carbocycles. The summed E-state index contributed by atoms with van der Waals surface area (Å²) in [6.07, 6.45) is 0.906. The van der Waals surface area contributed by atoms with Crippen LogP contribution in [-0.2, 0) is 13.0 Å². The van der Waals surface area contributed by atoms with Crippen molar-refractivity contribution >= 4 is 11.5 Å². The van der Waals surface area contributed by atoms with Crippen molar-refractivity contribution in [3.63, 3.8) is 0 Å². The topological polar surface area (TPSA) is 87.1 Å². The minimum absolute atomic E-state index is 0.0560. The Morgan fingerprint density at radius 1 is 1.26 bits per heavy atom. The number of aryl methyl sites for hydroxylation is 2. The lowest BCUT2D eigenvalue weighted by Crippen LogP contribution is -2.34. The quantitative estimate of drug-likeness (QED) is 0.739. The van der Waals surface area contributed by atoms with Gasteiger partial charge in [0, 0.05) is 11.8 Å². The van der Waals surface area contributed by atoms with Gasteiger partial charge in [-0.05, 0) is 36.6 Å². The van der Waals surface area contributed by atoms with Crippen LogP contribution in [0.2, 0.25) is 0 Å². The molecule has 3 N–H and O–H groups in total. The number of nitrogens with zero attached hydrogens (tertiary/aromatic N) is 1. The van der Waals surface area contributed by atoms with Crippen molar-refractivity contribution in [1.29, 1.82) is 0 Å². The van der Waals surface area contributed by atoms with Gasteiger partial charge in [0.2, 0.25) is 0 Å². The Hall–Kier alpha value is -2.78. The van der Waals surface area contributed by atoms with Crippen molar-refractivity contribution < 1.29 is 5.11 Å². The molecule has 6 heteroatoms. The highest BCUT2D eigenvalue weighted by molar-refractivity contribution is 5.57. The molecule has 2 rings (SSSR count). The Morgan fingerprint density at radius 2 is 2.04 bits per heavy atom. The first kappa shape index (κ1) is 16.6. The van der Waals surface area contributed by atoms with E-state index in [0.29, 0.717) is 5.82 Å². The second-order valence-corrected chi connectivity index (χ2v) is 5.04. The first-order valence-electron chi connectivity index (χ1n) is 7.32. The van der Waals surface area contributed by atoms with Crippen LogP contribution in [0, 0.1) is 18.8 Å². The summed E-state index contributed by atoms with van der Waals surface area (Å²) in [5.41, 5.74) is 2.20. The number of aliphatic hydroxyl groups excluding tert-OH is 1. The summed E-state index contributed by atoms with van der Waals surface area (Å²) in [6, 6.07) is 7.19. The van der Waals surface area contributed by atoms with Crippen molar-refractivity contribution in [2.45, 2.75) is 26.8 Å². The lowest BCUT2D eigenvalue weighted by molar-refractivity contribution is 0.350. The maximum absolute atomic E-state index is 12.0. The first-order valence-corrected chi connectivity index (χ1v) is 7.32. The molecule has 0 amide bonds. The highest BCUT2D eigenvalue weighted by Crippen LogP contribution is 2.18. The van der Waals surface area contributed by atoms with E-state index in [1.54, 1.807) is 0 Å². The number of nitrogens with one attached hydrogen (secondary N) is 2. The molecule has 6 nitrogen and oxygen atoms in total. The maximum Gasteiger partial charge on any atom is 0.330 e. The number of hydrogen-bond donors (Lipinski definition) is 3. The van der Waals surface area contributed by atoms with Gasteiger partial charge in [0.15, 0.2) is 0 Å². The zero-order valence-corrected chi connectivity index (χ0v) is 13.1. The monoisotopic (exact) mass is 313 g/mol. The number of benzene rings is 1. The van der Waals surface area contributed by atoms with Crippen molar-refractivity contribution in [3.8, 4) is 11.8 Å². The van der Waals surface area contributed by atoms with Crippen LogP contribution in [-0.4, -0.2) is 21.3 Å². The summed E-state index contributed by atoms with van der Waals surface area (Å²) in [6.45, 7) is 3.75. The first-order chi connectivity index (χ1) is 11.0. The Balaban J connectivity index is 2.28. The molecule has 0 fully saturated rings. The second-order valence-electron chi connectivity index (χ2n) is 5.04. The molecule has 120 valence electrons. The molecule has 1 aromatic carbocycles. The molecular weight excluding hydrogens is 294 g/mol. The van der Waals surface area contributed by atoms with Crippen LogP contribution in [0.15, 0.2) is 33.9 Å². The fourth-order valence-corrected chi connectivity index (χ4v) is 2.21. The van der Waals surface area contributed by atoms with Gasteiger partial charge in [-0.3, -0.25) is 9.78 Å². The molecule has 1 aromatic heterocycles. The van der Waals surface area contributed by atoms with E-state index in [-0.39, 0.29) is 13.2 Å². The van der Waals surface area contributed by atoms with Crippen LogP contribution < -0.4 is 16.6 Å². The number of rotatable bonds is 4. The van der Waals surface area contributed by atoms with E-state index in [1.807, 2.05) is 25.1 Å². The lowest BCUT2D eigenvalue weighted by atomic mass is 10.1. The predicted octanol–water partition coefficient (Wildman–Crippen LogP) is 1.15. The van der Waals surface area contributed by atoms with Crippen molar-refractivity contribution in [2.24, 2.45) is 0 Å². The van der Waals surface area contributed by atoms with Gasteiger partial charge in [-0.15, -0.1) is 0 Å². The molecule has 1 heterocycles. The largest absolute Gasteiger partial charge is 0.384 e. The minimum atomic E-state index is -0.546. The summed E-state index contributed by atoms with van der Waals surface area (Å²) in [4.78, 5) is 26.6. The smallest absolute Gasteiger partial charge is 0.330 e. The molecular formula is C17H19N3O3. The molecule has 0 unspecified atom stereocenters. The van der Waals surface area contributed by atoms with Gasteiger partial charge >= 0.3 is 5.69 Å². The van der Waals surface area contributed by atoms with Gasteiger partial charge in [0.1, 0.15) is 12.4 Å². The van der Waals surface area contributed by atoms with E-state index >= 15 is 0 Å². The van der Waals surface area contributed by atoms with Crippen LogP contribution in [0.3, 0.4) is 0 Å². The molecule has 23 heavy (non-hydrogen) atoms. The van der Waals surface area contributed by atoms with Crippen LogP contribution in [0.5, 0.6) is 0 Å². The fraction of sp³-hybridized carbons (Fsp3) is 0.294. The number of aliphatic hydroxyl groups is 1.